The van der Waals surface area contributed by atoms with E-state index in [1.807, 2.05) is 37.3 Å². The number of ether oxygens (including phenoxy) is 3. The lowest BCUT2D eigenvalue weighted by Crippen LogP contribution is -2.50. The van der Waals surface area contributed by atoms with E-state index in [0.29, 0.717) is 76.3 Å². The number of hydrogen-bond donors (Lipinski definition) is 1. The predicted octanol–water partition coefficient (Wildman–Crippen LogP) is 6.42. The number of halogens is 1. The summed E-state index contributed by atoms with van der Waals surface area (Å²) in [4.78, 5) is 61.1. The van der Waals surface area contributed by atoms with E-state index in [-0.39, 0.29) is 30.1 Å². The zero-order valence-corrected chi connectivity index (χ0v) is 40.4. The van der Waals surface area contributed by atoms with Crippen LogP contribution in [0.2, 0.25) is 0 Å². The first-order chi connectivity index (χ1) is 33.0. The van der Waals surface area contributed by atoms with Gasteiger partial charge in [0.05, 0.1) is 59.0 Å². The van der Waals surface area contributed by atoms with E-state index in [1.54, 1.807) is 55.1 Å². The molecule has 0 radical (unpaired) electrons. The van der Waals surface area contributed by atoms with Crippen LogP contribution in [0.4, 0.5) is 15.8 Å². The van der Waals surface area contributed by atoms with Gasteiger partial charge in [-0.25, -0.2) is 12.8 Å². The third-order valence-corrected chi connectivity index (χ3v) is 15.1. The minimum absolute atomic E-state index is 0.0440. The molecular formula is C51H58FN7O9S. The Morgan fingerprint density at radius 2 is 1.62 bits per heavy atom. The van der Waals surface area contributed by atoms with Gasteiger partial charge in [0.1, 0.15) is 15.6 Å². The van der Waals surface area contributed by atoms with Crippen LogP contribution in [0.15, 0.2) is 72.8 Å². The number of benzene rings is 4. The second-order valence-electron chi connectivity index (χ2n) is 18.8. The maximum Gasteiger partial charge on any atom is 0.264 e. The predicted molar refractivity (Wildman–Crippen MR) is 259 cm³/mol. The van der Waals surface area contributed by atoms with Crippen molar-refractivity contribution >= 4 is 55.7 Å². The number of piperazine rings is 1. The average Bonchev–Trinajstić information content (AvgIpc) is 3.79. The second kappa shape index (κ2) is 19.1. The van der Waals surface area contributed by atoms with Crippen molar-refractivity contribution in [3.05, 3.63) is 101 Å². The molecule has 16 nitrogen and oxygen atoms in total. The molecular weight excluding hydrogens is 906 g/mol. The number of amides is 4. The number of imide groups is 2. The fourth-order valence-corrected chi connectivity index (χ4v) is 11.2. The summed E-state index contributed by atoms with van der Waals surface area (Å²) in [6.07, 6.45) is 4.75. The van der Waals surface area contributed by atoms with E-state index in [9.17, 15) is 27.6 Å². The molecule has 0 aliphatic carbocycles. The molecule has 4 aliphatic heterocycles. The zero-order valence-electron chi connectivity index (χ0n) is 39.6. The first-order valence-electron chi connectivity index (χ1n) is 23.6. The molecule has 9 rings (SSSR count). The van der Waals surface area contributed by atoms with Crippen LogP contribution in [0, 0.1) is 11.7 Å². The molecule has 5 heterocycles. The van der Waals surface area contributed by atoms with Crippen molar-refractivity contribution < 1.29 is 46.2 Å². The largest absolute Gasteiger partial charge is 0.493 e. The Balaban J connectivity index is 0.774. The molecule has 3 saturated heterocycles. The Morgan fingerprint density at radius 1 is 0.884 bits per heavy atom. The molecule has 4 aromatic carbocycles. The highest BCUT2D eigenvalue weighted by Gasteiger charge is 2.45. The topological polar surface area (TPSA) is 173 Å². The van der Waals surface area contributed by atoms with Crippen LogP contribution in [0.5, 0.6) is 23.0 Å². The monoisotopic (exact) mass is 963 g/mol. The van der Waals surface area contributed by atoms with E-state index in [0.717, 1.165) is 68.8 Å². The number of carbonyl (C=O) groups is 4. The number of rotatable bonds is 15. The number of hydrogen-bond acceptors (Lipinski definition) is 13. The molecule has 0 unspecified atom stereocenters. The minimum Gasteiger partial charge on any atom is -0.493 e. The highest BCUT2D eigenvalue weighted by molar-refractivity contribution is 7.90. The fourth-order valence-electron chi connectivity index (χ4n) is 10.3. The Labute approximate surface area is 401 Å². The second-order valence-corrected chi connectivity index (χ2v) is 20.9. The summed E-state index contributed by atoms with van der Waals surface area (Å²) in [6, 6.07) is 19.8. The van der Waals surface area contributed by atoms with Crippen molar-refractivity contribution in [2.45, 2.75) is 57.4 Å². The Kier molecular flexibility index (Phi) is 13.2. The van der Waals surface area contributed by atoms with Crippen molar-refractivity contribution in [1.82, 2.24) is 24.9 Å². The van der Waals surface area contributed by atoms with E-state index in [1.165, 1.54) is 13.2 Å². The Bertz CT molecular complexity index is 2930. The van der Waals surface area contributed by atoms with Gasteiger partial charge in [-0.3, -0.25) is 39.0 Å². The first-order valence-corrected chi connectivity index (χ1v) is 25.6. The molecule has 4 amide bonds. The zero-order chi connectivity index (χ0) is 48.8. The normalized spacial score (nSPS) is 19.8. The van der Waals surface area contributed by atoms with E-state index in [2.05, 4.69) is 25.1 Å². The summed E-state index contributed by atoms with van der Waals surface area (Å²) < 4.78 is 59.9. The van der Waals surface area contributed by atoms with Crippen molar-refractivity contribution in [2.24, 2.45) is 13.0 Å². The number of aryl methyl sites for hydroxylation is 1. The fraction of sp³-hybridized carbons (Fsp3) is 0.431. The Morgan fingerprint density at radius 3 is 2.30 bits per heavy atom. The molecule has 0 spiro atoms. The van der Waals surface area contributed by atoms with Crippen LogP contribution in [0.1, 0.15) is 84.0 Å². The lowest BCUT2D eigenvalue weighted by molar-refractivity contribution is -0.137. The quantitative estimate of drug-likeness (QED) is 0.114. The van der Waals surface area contributed by atoms with Crippen LogP contribution < -0.4 is 29.3 Å². The molecule has 0 saturated carbocycles. The summed E-state index contributed by atoms with van der Waals surface area (Å²) in [5.41, 5.74) is 2.73. The van der Waals surface area contributed by atoms with Gasteiger partial charge in [0.25, 0.3) is 11.8 Å². The number of anilines is 2. The number of nitrogens with one attached hydrogen (secondary N) is 1. The number of aromatic nitrogens is 2. The van der Waals surface area contributed by atoms with Gasteiger partial charge < -0.3 is 24.0 Å². The molecule has 1 aromatic heterocycles. The number of fused-ring (bicyclic) bond motifs is 2. The van der Waals surface area contributed by atoms with Crippen molar-refractivity contribution in [2.75, 3.05) is 81.3 Å². The number of sulfone groups is 1. The van der Waals surface area contributed by atoms with Gasteiger partial charge in [0.2, 0.25) is 11.8 Å². The minimum atomic E-state index is -3.64. The van der Waals surface area contributed by atoms with Crippen molar-refractivity contribution in [3.63, 3.8) is 0 Å². The number of nitrogens with zero attached hydrogens (tertiary/aromatic N) is 6. The van der Waals surface area contributed by atoms with E-state index < -0.39 is 50.6 Å². The molecule has 2 atom stereocenters. The first kappa shape index (κ1) is 47.5. The van der Waals surface area contributed by atoms with Crippen LogP contribution in [-0.2, 0) is 31.9 Å². The van der Waals surface area contributed by atoms with Gasteiger partial charge in [0, 0.05) is 76.1 Å². The summed E-state index contributed by atoms with van der Waals surface area (Å²) in [5.74, 6) is -0.870. The molecule has 4 aliphatic rings. The lowest BCUT2D eigenvalue weighted by Gasteiger charge is -2.38. The van der Waals surface area contributed by atoms with Gasteiger partial charge in [0.15, 0.2) is 23.1 Å². The van der Waals surface area contributed by atoms with Gasteiger partial charge in [-0.05, 0) is 112 Å². The molecule has 364 valence electrons. The standard InChI is InChI=1S/C51H58FN7O9S/c1-6-67-44-28-33(10-15-42(44)66-4)41(31-69(5,64)65)59-48(61)36-8-7-9-39(46(36)49(59)62)58-26-24-56(25-27-58)21-17-32-18-22-57(23-19-32)34-11-13-35(14-12-34)68-43-30-40-37(29-38(43)52)47(54-55(40)3)51(2)20-16-45(60)53-50(51)63/h7-15,28-30,32,41H,6,16-27,31H2,1-5H3,(H,53,60,63)/t41-,51-/m1/s1. The summed E-state index contributed by atoms with van der Waals surface area (Å²) in [5, 5.41) is 7.48. The molecule has 0 bridgehead atoms. The van der Waals surface area contributed by atoms with Crippen molar-refractivity contribution in [3.8, 4) is 23.0 Å². The smallest absolute Gasteiger partial charge is 0.264 e. The molecule has 1 N–H and O–H groups in total. The number of carbonyl (C=O) groups excluding carboxylic acids is 4. The molecule has 69 heavy (non-hydrogen) atoms. The van der Waals surface area contributed by atoms with Gasteiger partial charge in [-0.15, -0.1) is 0 Å². The summed E-state index contributed by atoms with van der Waals surface area (Å²) in [6.45, 7) is 9.62. The van der Waals surface area contributed by atoms with E-state index in [4.69, 9.17) is 14.2 Å². The molecule has 5 aromatic rings. The maximum absolute atomic E-state index is 15.6. The number of methoxy groups -OCH3 is 1. The Hall–Kier alpha value is -6.53. The third kappa shape index (κ3) is 9.48. The van der Waals surface area contributed by atoms with Crippen LogP contribution in [0.25, 0.3) is 10.9 Å². The highest BCUT2D eigenvalue weighted by Crippen LogP contribution is 2.41. The molecule has 18 heteroatoms. The van der Waals surface area contributed by atoms with Gasteiger partial charge in [-0.1, -0.05) is 12.1 Å². The maximum atomic E-state index is 15.6. The van der Waals surface area contributed by atoms with Gasteiger partial charge >= 0.3 is 0 Å². The SMILES string of the molecule is CCOc1cc([C@@H](CS(C)(=O)=O)N2C(=O)c3cccc(N4CCN(CCC5CCN(c6ccc(Oc7cc8c(cc7F)c([C@@]7(C)CCC(=O)NC7=O)nn8C)cc6)CC5)CC4)c3C2=O)ccc1OC. The van der Waals surface area contributed by atoms with Gasteiger partial charge in [-0.2, -0.15) is 5.10 Å². The van der Waals surface area contributed by atoms with E-state index >= 15 is 4.39 Å². The summed E-state index contributed by atoms with van der Waals surface area (Å²) >= 11 is 0. The van der Waals surface area contributed by atoms with Crippen LogP contribution in [-0.4, -0.2) is 123 Å². The summed E-state index contributed by atoms with van der Waals surface area (Å²) in [7, 11) is -0.398. The van der Waals surface area contributed by atoms with Crippen LogP contribution >= 0.6 is 0 Å². The third-order valence-electron chi connectivity index (χ3n) is 14.2. The van der Waals surface area contributed by atoms with Crippen molar-refractivity contribution in [1.29, 1.82) is 0 Å². The lowest BCUT2D eigenvalue weighted by atomic mass is 9.77. The number of piperidine rings is 2. The van der Waals surface area contributed by atoms with Crippen LogP contribution in [0.3, 0.4) is 0 Å². The highest BCUT2D eigenvalue weighted by atomic mass is 32.2. The average molecular weight is 964 g/mol. The molecule has 3 fully saturated rings.